The van der Waals surface area contributed by atoms with Crippen molar-refractivity contribution in [2.24, 2.45) is 0 Å². The number of hydrogen-bond acceptors (Lipinski definition) is 8. The fourth-order valence-electron chi connectivity index (χ4n) is 3.16. The molecule has 7 nitrogen and oxygen atoms in total. The van der Waals surface area contributed by atoms with Crippen LogP contribution in [0.5, 0.6) is 5.75 Å². The Labute approximate surface area is 249 Å². The summed E-state index contributed by atoms with van der Waals surface area (Å²) in [5.41, 5.74) is -11.0. The van der Waals surface area contributed by atoms with Gasteiger partial charge in [-0.15, -0.1) is 0 Å². The van der Waals surface area contributed by atoms with Crippen molar-refractivity contribution < 1.29 is 55.5 Å². The largest absolute Gasteiger partial charge is 0.524 e. The van der Waals surface area contributed by atoms with E-state index in [1.54, 1.807) is 54.6 Å². The average molecular weight is 687 g/mol. The van der Waals surface area contributed by atoms with Crippen LogP contribution in [0.2, 0.25) is 0 Å². The highest BCUT2D eigenvalue weighted by Gasteiger charge is 2.52. The molecule has 0 unspecified atom stereocenters. The number of alkyl halides is 6. The van der Waals surface area contributed by atoms with Crippen LogP contribution in [-0.4, -0.2) is 33.0 Å². The molecule has 4 rings (SSSR count). The van der Waals surface area contributed by atoms with Gasteiger partial charge in [-0.25, -0.2) is 0 Å². The molecular weight excluding hydrogens is 667 g/mol. The molecule has 0 bridgehead atoms. The minimum atomic E-state index is -5.94. The van der Waals surface area contributed by atoms with Crippen LogP contribution in [0.1, 0.15) is 0 Å². The maximum atomic E-state index is 13.2. The van der Waals surface area contributed by atoms with Crippen LogP contribution >= 0.6 is 22.4 Å². The summed E-state index contributed by atoms with van der Waals surface area (Å²) in [6.45, 7) is 0. The molecular formula is C26H20F6O7S4. The van der Waals surface area contributed by atoms with E-state index in [9.17, 15) is 48.3 Å². The number of hydrogen-bond donors (Lipinski definition) is 1. The highest BCUT2D eigenvalue weighted by atomic mass is 32.3. The van der Waals surface area contributed by atoms with Gasteiger partial charge in [0.25, 0.3) is 0 Å². The van der Waals surface area contributed by atoms with Crippen LogP contribution in [0.4, 0.5) is 26.3 Å². The summed E-state index contributed by atoms with van der Waals surface area (Å²) < 4.78 is 129. The van der Waals surface area contributed by atoms with Crippen LogP contribution in [-0.2, 0) is 27.5 Å². The molecule has 0 amide bonds. The normalized spacial score (nSPS) is 13.1. The second kappa shape index (κ2) is 13.6. The Morgan fingerprint density at radius 3 is 1.30 bits per heavy atom. The maximum absolute atomic E-state index is 13.2. The second-order valence-corrected chi connectivity index (χ2v) is 15.0. The standard InChI is InChI=1S/C19H15F3O4S2.C7H5F3O3S2/c20-19(21,22)28(24,25)26-27(16-7-3-1-4-8-16,17-9-5-2-6-10-17)18-13-11-15(23)12-14-18;8-7(9,10)15(11,12)13-14-6-4-2-1-3-5-6/h1-14,23H;1-5H. The maximum Gasteiger partial charge on any atom is 0.524 e. The Morgan fingerprint density at radius 2 is 0.907 bits per heavy atom. The molecule has 1 N–H and O–H groups in total. The molecule has 17 heteroatoms. The zero-order valence-corrected chi connectivity index (χ0v) is 24.5. The van der Waals surface area contributed by atoms with Crippen LogP contribution in [0.25, 0.3) is 0 Å². The fourth-order valence-corrected chi connectivity index (χ4v) is 9.15. The molecule has 232 valence electrons. The van der Waals surface area contributed by atoms with Crippen molar-refractivity contribution in [1.82, 2.24) is 0 Å². The molecule has 4 aromatic carbocycles. The third-order valence-corrected chi connectivity index (χ3v) is 12.0. The molecule has 0 spiro atoms. The topological polar surface area (TPSA) is 107 Å². The molecule has 43 heavy (non-hydrogen) atoms. The van der Waals surface area contributed by atoms with E-state index in [2.05, 4.69) is 3.63 Å². The van der Waals surface area contributed by atoms with Crippen molar-refractivity contribution in [1.29, 1.82) is 0 Å². The molecule has 0 aliphatic rings. The molecule has 0 saturated carbocycles. The van der Waals surface area contributed by atoms with Crippen molar-refractivity contribution in [3.05, 3.63) is 115 Å². The zero-order valence-electron chi connectivity index (χ0n) is 21.3. The summed E-state index contributed by atoms with van der Waals surface area (Å²) in [5.74, 6) is -0.114. The average Bonchev–Trinajstić information content (AvgIpc) is 2.96. The van der Waals surface area contributed by atoms with Gasteiger partial charge in [-0.2, -0.15) is 50.4 Å². The monoisotopic (exact) mass is 686 g/mol. The lowest BCUT2D eigenvalue weighted by molar-refractivity contribution is -0.0500. The van der Waals surface area contributed by atoms with Crippen molar-refractivity contribution in [3.8, 4) is 5.75 Å². The Morgan fingerprint density at radius 1 is 0.535 bits per heavy atom. The quantitative estimate of drug-likeness (QED) is 0.113. The first kappa shape index (κ1) is 34.3. The number of phenols is 1. The number of benzene rings is 4. The SMILES string of the molecule is O=S(=O)(OS(c1ccccc1)(c1ccccc1)c1ccc(O)cc1)C(F)(F)F.O=S(=O)(OSc1ccccc1)C(F)(F)F. The first-order chi connectivity index (χ1) is 20.0. The minimum Gasteiger partial charge on any atom is -0.508 e. The molecule has 4 aromatic rings. The van der Waals surface area contributed by atoms with Gasteiger partial charge in [0.15, 0.2) is 0 Å². The third-order valence-electron chi connectivity index (χ3n) is 5.04. The van der Waals surface area contributed by atoms with E-state index in [1.807, 2.05) is 0 Å². The summed E-state index contributed by atoms with van der Waals surface area (Å²) in [7, 11) is -14.8. The molecule has 0 aromatic heterocycles. The number of phenolic OH excluding ortho intramolecular Hbond substituents is 1. The van der Waals surface area contributed by atoms with Gasteiger partial charge in [0.2, 0.25) is 0 Å². The van der Waals surface area contributed by atoms with E-state index in [-0.39, 0.29) is 37.4 Å². The van der Waals surface area contributed by atoms with Gasteiger partial charge in [0, 0.05) is 31.6 Å². The molecule has 0 atom stereocenters. The Bertz CT molecular complexity index is 1650. The smallest absolute Gasteiger partial charge is 0.508 e. The molecule has 0 aliphatic carbocycles. The zero-order chi connectivity index (χ0) is 31.9. The van der Waals surface area contributed by atoms with Gasteiger partial charge in [0.05, 0.1) is 0 Å². The van der Waals surface area contributed by atoms with Crippen LogP contribution in [0.3, 0.4) is 0 Å². The first-order valence-corrected chi connectivity index (χ1v) is 16.6. The Balaban J connectivity index is 0.000000285. The van der Waals surface area contributed by atoms with E-state index in [0.29, 0.717) is 0 Å². The van der Waals surface area contributed by atoms with Gasteiger partial charge in [0.1, 0.15) is 5.75 Å². The van der Waals surface area contributed by atoms with Crippen molar-refractivity contribution in [3.63, 3.8) is 0 Å². The van der Waals surface area contributed by atoms with Gasteiger partial charge < -0.3 is 5.11 Å². The predicted octanol–water partition coefficient (Wildman–Crippen LogP) is 8.02. The molecule has 0 aliphatic heterocycles. The summed E-state index contributed by atoms with van der Waals surface area (Å²) in [4.78, 5) is 0.986. The number of halogens is 6. The van der Waals surface area contributed by atoms with E-state index >= 15 is 0 Å². The molecule has 0 fully saturated rings. The highest BCUT2D eigenvalue weighted by Crippen LogP contribution is 2.70. The van der Waals surface area contributed by atoms with Crippen LogP contribution in [0, 0.1) is 0 Å². The lowest BCUT2D eigenvalue weighted by Gasteiger charge is -2.39. The van der Waals surface area contributed by atoms with Crippen molar-refractivity contribution >= 4 is 42.6 Å². The number of rotatable bonds is 8. The van der Waals surface area contributed by atoms with E-state index in [0.717, 1.165) is 0 Å². The van der Waals surface area contributed by atoms with Crippen LogP contribution in [0.15, 0.2) is 135 Å². The Hall–Kier alpha value is -3.22. The lowest BCUT2D eigenvalue weighted by Crippen LogP contribution is -2.27. The van der Waals surface area contributed by atoms with Gasteiger partial charge in [-0.05, 0) is 71.0 Å². The summed E-state index contributed by atoms with van der Waals surface area (Å²) in [6.07, 6.45) is 0. The highest BCUT2D eigenvalue weighted by molar-refractivity contribution is 8.33. The fraction of sp³-hybridized carbons (Fsp3) is 0.0769. The summed E-state index contributed by atoms with van der Waals surface area (Å²) in [6, 6.07) is 28.6. The first-order valence-electron chi connectivity index (χ1n) is 11.5. The van der Waals surface area contributed by atoms with Crippen LogP contribution < -0.4 is 0 Å². The van der Waals surface area contributed by atoms with E-state index in [4.69, 9.17) is 3.63 Å². The Kier molecular flexibility index (Phi) is 10.8. The van der Waals surface area contributed by atoms with Gasteiger partial charge in [-0.3, -0.25) is 0 Å². The van der Waals surface area contributed by atoms with E-state index in [1.165, 1.54) is 60.7 Å². The lowest BCUT2D eigenvalue weighted by atomic mass is 10.3. The van der Waals surface area contributed by atoms with E-state index < -0.39 is 41.6 Å². The van der Waals surface area contributed by atoms with Crippen molar-refractivity contribution in [2.45, 2.75) is 30.6 Å². The number of aromatic hydroxyl groups is 1. The van der Waals surface area contributed by atoms with Gasteiger partial charge in [-0.1, -0.05) is 54.6 Å². The molecule has 0 saturated heterocycles. The predicted molar refractivity (Wildman–Crippen MR) is 148 cm³/mol. The molecule has 0 radical (unpaired) electrons. The summed E-state index contributed by atoms with van der Waals surface area (Å²) in [5, 5.41) is 9.60. The summed E-state index contributed by atoms with van der Waals surface area (Å²) >= 11 is 0.146. The third kappa shape index (κ3) is 8.45. The second-order valence-electron chi connectivity index (χ2n) is 8.01. The van der Waals surface area contributed by atoms with Crippen molar-refractivity contribution in [2.75, 3.05) is 0 Å². The molecule has 0 heterocycles. The van der Waals surface area contributed by atoms with Gasteiger partial charge >= 0.3 is 31.3 Å². The minimum absolute atomic E-state index is 0.114.